The third-order valence-electron chi connectivity index (χ3n) is 0.767. The number of alkyl halides is 3. The summed E-state index contributed by atoms with van der Waals surface area (Å²) in [6.45, 7) is 4.99. The Balaban J connectivity index is -0.000000245. The van der Waals surface area contributed by atoms with Crippen molar-refractivity contribution in [2.75, 3.05) is 0 Å². The van der Waals surface area contributed by atoms with Crippen LogP contribution < -0.4 is 0 Å². The van der Waals surface area contributed by atoms with E-state index in [0.29, 0.717) is 0 Å². The second kappa shape index (κ2) is 4.71. The molecule has 0 fully saturated rings. The van der Waals surface area contributed by atoms with Gasteiger partial charge < -0.3 is 6.92 Å². The van der Waals surface area contributed by atoms with Crippen LogP contribution in [0.3, 0.4) is 0 Å². The molecular weight excluding hydrogens is 262 g/mol. The van der Waals surface area contributed by atoms with Gasteiger partial charge in [-0.05, 0) is 0 Å². The number of hydrogen-bond donors (Lipinski definition) is 0. The molecule has 0 spiro atoms. The molecule has 0 unspecified atom stereocenters. The summed E-state index contributed by atoms with van der Waals surface area (Å²) in [4.78, 5) is 0. The second-order valence-electron chi connectivity index (χ2n) is 2.38. The molecule has 0 radical (unpaired) electrons. The predicted molar refractivity (Wildman–Crippen MR) is 35.5 cm³/mol. The molecule has 0 aromatic heterocycles. The van der Waals surface area contributed by atoms with Gasteiger partial charge in [0.15, 0.2) is 0 Å². The Hall–Kier alpha value is 0.893. The summed E-state index contributed by atoms with van der Waals surface area (Å²) in [7, 11) is 0. The zero-order valence-electron chi connectivity index (χ0n) is 5.96. The number of hydrogen-bond acceptors (Lipinski definition) is 0. The molecule has 5 heteroatoms. The van der Waals surface area contributed by atoms with Crippen molar-refractivity contribution in [3.05, 3.63) is 6.92 Å². The van der Waals surface area contributed by atoms with E-state index in [-0.39, 0.29) is 36.5 Å². The van der Waals surface area contributed by atoms with Gasteiger partial charge in [-0.3, -0.25) is 0 Å². The van der Waals surface area contributed by atoms with Gasteiger partial charge >= 0.3 is 6.18 Å². The minimum Gasteiger partial charge on any atom is -0.329 e. The number of halogens is 4. The largest absolute Gasteiger partial charge is 0.367 e. The quantitative estimate of drug-likeness (QED) is 0.469. The molecule has 0 bridgehead atoms. The molecule has 0 N–H and O–H groups in total. The van der Waals surface area contributed by atoms with Crippen LogP contribution in [0.2, 0.25) is 0 Å². The molecule has 0 nitrogen and oxygen atoms in total. The van der Waals surface area contributed by atoms with E-state index in [4.69, 9.17) is 0 Å². The SMILES string of the molecule is Br.[CH2-]C(C)(C)C(F)(F)F.[Zn]. The minimum atomic E-state index is -4.17. The maximum absolute atomic E-state index is 11.5. The molecule has 0 rings (SSSR count). The molecule has 0 aliphatic heterocycles. The van der Waals surface area contributed by atoms with E-state index in [0.717, 1.165) is 13.8 Å². The van der Waals surface area contributed by atoms with Gasteiger partial charge in [0.25, 0.3) is 0 Å². The molecule has 60 valence electrons. The Morgan fingerprint density at radius 1 is 1.10 bits per heavy atom. The Kier molecular flexibility index (Phi) is 8.06. The summed E-state index contributed by atoms with van der Waals surface area (Å²) < 4.78 is 34.5. The number of rotatable bonds is 0. The molecule has 0 atom stereocenters. The zero-order chi connectivity index (χ0) is 7.00. The molecular formula is C5H9BrF3Zn-. The first-order valence-corrected chi connectivity index (χ1v) is 2.17. The van der Waals surface area contributed by atoms with Crippen molar-refractivity contribution in [3.8, 4) is 0 Å². The van der Waals surface area contributed by atoms with E-state index in [9.17, 15) is 13.2 Å². The van der Waals surface area contributed by atoms with Crippen LogP contribution in [0.4, 0.5) is 13.2 Å². The third-order valence-corrected chi connectivity index (χ3v) is 0.767. The van der Waals surface area contributed by atoms with Crippen LogP contribution in [-0.4, -0.2) is 6.18 Å². The van der Waals surface area contributed by atoms with Crippen molar-refractivity contribution in [2.45, 2.75) is 20.0 Å². The Morgan fingerprint density at radius 3 is 1.20 bits per heavy atom. The average molecular weight is 271 g/mol. The van der Waals surface area contributed by atoms with E-state index in [2.05, 4.69) is 6.92 Å². The Morgan fingerprint density at radius 2 is 1.20 bits per heavy atom. The van der Waals surface area contributed by atoms with Crippen LogP contribution >= 0.6 is 17.0 Å². The van der Waals surface area contributed by atoms with Gasteiger partial charge in [-0.15, -0.1) is 17.0 Å². The fourth-order valence-electron chi connectivity index (χ4n) is 0. The van der Waals surface area contributed by atoms with Crippen molar-refractivity contribution >= 4 is 17.0 Å². The monoisotopic (exact) mass is 269 g/mol. The first kappa shape index (κ1) is 17.1. The van der Waals surface area contributed by atoms with E-state index in [1.807, 2.05) is 0 Å². The third kappa shape index (κ3) is 5.66. The van der Waals surface area contributed by atoms with Crippen molar-refractivity contribution in [1.29, 1.82) is 0 Å². The molecule has 0 aliphatic rings. The molecule has 0 amide bonds. The van der Waals surface area contributed by atoms with Crippen LogP contribution in [0, 0.1) is 12.3 Å². The van der Waals surface area contributed by atoms with Crippen molar-refractivity contribution in [2.24, 2.45) is 5.41 Å². The summed E-state index contributed by atoms with van der Waals surface area (Å²) in [5.74, 6) is 0. The Bertz CT molecular complexity index is 71.9. The van der Waals surface area contributed by atoms with Gasteiger partial charge in [0.2, 0.25) is 0 Å². The maximum atomic E-state index is 11.5. The summed E-state index contributed by atoms with van der Waals surface area (Å²) in [6, 6.07) is 0. The molecule has 0 aliphatic carbocycles. The van der Waals surface area contributed by atoms with Crippen molar-refractivity contribution < 1.29 is 32.6 Å². The van der Waals surface area contributed by atoms with Gasteiger partial charge in [-0.2, -0.15) is 13.2 Å². The molecule has 0 aromatic rings. The molecule has 0 aromatic carbocycles. The fourth-order valence-corrected chi connectivity index (χ4v) is 0. The molecule has 10 heavy (non-hydrogen) atoms. The average Bonchev–Trinajstić information content (AvgIpc) is 1.25. The molecule has 0 saturated carbocycles. The predicted octanol–water partition coefficient (Wildman–Crippen LogP) is 2.98. The van der Waals surface area contributed by atoms with E-state index < -0.39 is 11.6 Å². The standard InChI is InChI=1S/C5H8F3.BrH.Zn/c1-4(2,3)5(6,7)8;;/h1H2,2-3H3;1H;/q-1;;. The summed E-state index contributed by atoms with van der Waals surface area (Å²) >= 11 is 0. The van der Waals surface area contributed by atoms with Gasteiger partial charge in [0, 0.05) is 19.5 Å². The normalized spacial score (nSPS) is 11.4. The first-order chi connectivity index (χ1) is 3.25. The molecule has 0 heterocycles. The van der Waals surface area contributed by atoms with Gasteiger partial charge in [0.05, 0.1) is 0 Å². The first-order valence-electron chi connectivity index (χ1n) is 2.17. The second-order valence-corrected chi connectivity index (χ2v) is 2.38. The van der Waals surface area contributed by atoms with Crippen molar-refractivity contribution in [3.63, 3.8) is 0 Å². The van der Waals surface area contributed by atoms with Crippen LogP contribution in [0.1, 0.15) is 13.8 Å². The smallest absolute Gasteiger partial charge is 0.329 e. The topological polar surface area (TPSA) is 0 Å². The van der Waals surface area contributed by atoms with E-state index >= 15 is 0 Å². The van der Waals surface area contributed by atoms with E-state index in [1.54, 1.807) is 0 Å². The Labute approximate surface area is 82.1 Å². The van der Waals surface area contributed by atoms with Crippen LogP contribution in [-0.2, 0) is 19.5 Å². The summed E-state index contributed by atoms with van der Waals surface area (Å²) in [5.41, 5.74) is -1.81. The van der Waals surface area contributed by atoms with Gasteiger partial charge in [-0.1, -0.05) is 19.3 Å². The zero-order valence-corrected chi connectivity index (χ0v) is 10.6. The van der Waals surface area contributed by atoms with Crippen LogP contribution in [0.15, 0.2) is 0 Å². The van der Waals surface area contributed by atoms with Gasteiger partial charge in [-0.25, -0.2) is 0 Å². The summed E-state index contributed by atoms with van der Waals surface area (Å²) in [5, 5.41) is 0. The maximum Gasteiger partial charge on any atom is 0.367 e. The van der Waals surface area contributed by atoms with E-state index in [1.165, 1.54) is 0 Å². The van der Waals surface area contributed by atoms with Gasteiger partial charge in [0.1, 0.15) is 0 Å². The van der Waals surface area contributed by atoms with Crippen molar-refractivity contribution in [1.82, 2.24) is 0 Å². The van der Waals surface area contributed by atoms with Crippen LogP contribution in [0.25, 0.3) is 0 Å². The minimum absolute atomic E-state index is 0. The van der Waals surface area contributed by atoms with Crippen LogP contribution in [0.5, 0.6) is 0 Å². The molecule has 0 saturated heterocycles. The fraction of sp³-hybridized carbons (Fsp3) is 0.800. The summed E-state index contributed by atoms with van der Waals surface area (Å²) in [6.07, 6.45) is -4.17.